The lowest BCUT2D eigenvalue weighted by Gasteiger charge is -2.25. The highest BCUT2D eigenvalue weighted by atomic mass is 32.2. The van der Waals surface area contributed by atoms with Gasteiger partial charge in [0.05, 0.1) is 11.9 Å². The SMILES string of the molecule is Cn1cnc(S(=O)(=O)N2C[C@H](Nc3ccc(F)c(C(F)(F)F)c3)[C@@H](C3CCOC3)C2)c1. The molecule has 0 bridgehead atoms. The van der Waals surface area contributed by atoms with Gasteiger partial charge < -0.3 is 14.6 Å². The minimum atomic E-state index is -4.83. The number of ether oxygens (including phenoxy) is 1. The van der Waals surface area contributed by atoms with Crippen LogP contribution in [0.2, 0.25) is 0 Å². The minimum Gasteiger partial charge on any atom is -0.381 e. The molecular formula is C19H22F4N4O3S. The number of imidazole rings is 1. The molecule has 0 spiro atoms. The molecule has 12 heteroatoms. The van der Waals surface area contributed by atoms with E-state index in [-0.39, 0.29) is 35.6 Å². The van der Waals surface area contributed by atoms with Crippen LogP contribution in [0.1, 0.15) is 12.0 Å². The van der Waals surface area contributed by atoms with Gasteiger partial charge in [-0.2, -0.15) is 17.5 Å². The van der Waals surface area contributed by atoms with E-state index < -0.39 is 33.6 Å². The summed E-state index contributed by atoms with van der Waals surface area (Å²) >= 11 is 0. The second kappa shape index (κ2) is 8.06. The number of alkyl halides is 3. The second-order valence-electron chi connectivity index (χ2n) is 7.93. The zero-order valence-electron chi connectivity index (χ0n) is 16.6. The summed E-state index contributed by atoms with van der Waals surface area (Å²) in [4.78, 5) is 3.93. The summed E-state index contributed by atoms with van der Waals surface area (Å²) in [6.07, 6.45) is -1.31. The fraction of sp³-hybridized carbons (Fsp3) is 0.526. The van der Waals surface area contributed by atoms with Crippen molar-refractivity contribution >= 4 is 15.7 Å². The topological polar surface area (TPSA) is 76.5 Å². The molecule has 4 rings (SSSR count). The van der Waals surface area contributed by atoms with Crippen molar-refractivity contribution in [2.24, 2.45) is 18.9 Å². The number of nitrogens with zero attached hydrogens (tertiary/aromatic N) is 3. The summed E-state index contributed by atoms with van der Waals surface area (Å²) in [5.41, 5.74) is -1.28. The third-order valence-electron chi connectivity index (χ3n) is 5.81. The molecular weight excluding hydrogens is 440 g/mol. The van der Waals surface area contributed by atoms with Gasteiger partial charge in [-0.15, -0.1) is 0 Å². The van der Waals surface area contributed by atoms with Gasteiger partial charge in [0, 0.05) is 51.3 Å². The lowest BCUT2D eigenvalue weighted by molar-refractivity contribution is -0.139. The summed E-state index contributed by atoms with van der Waals surface area (Å²) in [5.74, 6) is -1.48. The van der Waals surface area contributed by atoms with Crippen molar-refractivity contribution in [1.29, 1.82) is 0 Å². The summed E-state index contributed by atoms with van der Waals surface area (Å²) in [6.45, 7) is 1.25. The molecule has 3 atom stereocenters. The molecule has 0 aliphatic carbocycles. The van der Waals surface area contributed by atoms with Gasteiger partial charge in [-0.3, -0.25) is 0 Å². The molecule has 2 fully saturated rings. The molecule has 7 nitrogen and oxygen atoms in total. The standard InChI is InChI=1S/C19H22F4N4O3S/c1-26-9-18(24-11-26)31(28,29)27-7-14(12-4-5-30-10-12)17(8-27)25-13-2-3-16(20)15(6-13)19(21,22)23/h2-3,6,9,11-12,14,17,25H,4-5,7-8,10H2,1H3/t12?,14-,17+/m1/s1. The quantitative estimate of drug-likeness (QED) is 0.692. The Balaban J connectivity index is 1.61. The van der Waals surface area contributed by atoms with Crippen LogP contribution in [0.3, 0.4) is 0 Å². The number of halogens is 4. The molecule has 2 aliphatic heterocycles. The Kier molecular flexibility index (Phi) is 5.73. The lowest BCUT2D eigenvalue weighted by atomic mass is 9.87. The van der Waals surface area contributed by atoms with Crippen molar-refractivity contribution < 1.29 is 30.7 Å². The summed E-state index contributed by atoms with van der Waals surface area (Å²) in [7, 11) is -2.20. The van der Waals surface area contributed by atoms with Crippen LogP contribution in [0.5, 0.6) is 0 Å². The molecule has 0 amide bonds. The highest BCUT2D eigenvalue weighted by Crippen LogP contribution is 2.36. The zero-order chi connectivity index (χ0) is 22.4. The van der Waals surface area contributed by atoms with Crippen LogP contribution in [0.25, 0.3) is 0 Å². The Bertz CT molecular complexity index is 1050. The van der Waals surface area contributed by atoms with Crippen molar-refractivity contribution in [3.05, 3.63) is 42.1 Å². The molecule has 1 unspecified atom stereocenters. The normalized spacial score (nSPS) is 25.3. The number of hydrogen-bond donors (Lipinski definition) is 1. The number of anilines is 1. The third-order valence-corrected chi connectivity index (χ3v) is 7.53. The van der Waals surface area contributed by atoms with E-state index in [1.54, 1.807) is 7.05 Å². The molecule has 2 aliphatic rings. The Hall–Kier alpha value is -2.18. The van der Waals surface area contributed by atoms with E-state index in [1.807, 2.05) is 0 Å². The van der Waals surface area contributed by atoms with Gasteiger partial charge in [0.25, 0.3) is 10.0 Å². The van der Waals surface area contributed by atoms with Gasteiger partial charge in [0.2, 0.25) is 0 Å². The molecule has 31 heavy (non-hydrogen) atoms. The highest BCUT2D eigenvalue weighted by molar-refractivity contribution is 7.89. The van der Waals surface area contributed by atoms with Crippen molar-refractivity contribution in [1.82, 2.24) is 13.9 Å². The molecule has 170 valence electrons. The fourth-order valence-electron chi connectivity index (χ4n) is 4.21. The smallest absolute Gasteiger partial charge is 0.381 e. The highest BCUT2D eigenvalue weighted by Gasteiger charge is 2.44. The van der Waals surface area contributed by atoms with Gasteiger partial charge in [-0.05, 0) is 36.5 Å². The Morgan fingerprint density at radius 2 is 2.03 bits per heavy atom. The van der Waals surface area contributed by atoms with Crippen molar-refractivity contribution in [2.75, 3.05) is 31.6 Å². The third kappa shape index (κ3) is 4.41. The number of hydrogen-bond acceptors (Lipinski definition) is 5. The van der Waals surface area contributed by atoms with Gasteiger partial charge in [-0.25, -0.2) is 17.8 Å². The first kappa shape index (κ1) is 22.0. The fourth-order valence-corrected chi connectivity index (χ4v) is 5.68. The van der Waals surface area contributed by atoms with Crippen LogP contribution in [0.4, 0.5) is 23.2 Å². The first-order valence-electron chi connectivity index (χ1n) is 9.75. The Labute approximate surface area is 177 Å². The summed E-state index contributed by atoms with van der Waals surface area (Å²) < 4.78 is 87.3. The summed E-state index contributed by atoms with van der Waals surface area (Å²) in [5, 5.41) is 2.93. The van der Waals surface area contributed by atoms with Gasteiger partial charge in [0.1, 0.15) is 5.82 Å². The molecule has 1 aromatic carbocycles. The maximum absolute atomic E-state index is 13.6. The molecule has 2 saturated heterocycles. The number of nitrogens with one attached hydrogen (secondary N) is 1. The summed E-state index contributed by atoms with van der Waals surface area (Å²) in [6, 6.07) is 2.24. The van der Waals surface area contributed by atoms with Crippen LogP contribution in [0.15, 0.2) is 35.7 Å². The number of aryl methyl sites for hydroxylation is 1. The largest absolute Gasteiger partial charge is 0.419 e. The minimum absolute atomic E-state index is 0.0544. The Morgan fingerprint density at radius 3 is 2.65 bits per heavy atom. The van der Waals surface area contributed by atoms with Crippen LogP contribution >= 0.6 is 0 Å². The Morgan fingerprint density at radius 1 is 1.26 bits per heavy atom. The van der Waals surface area contributed by atoms with Gasteiger partial charge >= 0.3 is 6.18 Å². The van der Waals surface area contributed by atoms with Gasteiger partial charge in [0.15, 0.2) is 5.03 Å². The first-order chi connectivity index (χ1) is 14.6. The molecule has 0 radical (unpaired) electrons. The number of benzene rings is 1. The van der Waals surface area contributed by atoms with E-state index in [2.05, 4.69) is 10.3 Å². The van der Waals surface area contributed by atoms with E-state index >= 15 is 0 Å². The van der Waals surface area contributed by atoms with Crippen LogP contribution in [-0.2, 0) is 28.0 Å². The average Bonchev–Trinajstić information content (AvgIpc) is 3.42. The number of aromatic nitrogens is 2. The monoisotopic (exact) mass is 462 g/mol. The van der Waals surface area contributed by atoms with Crippen LogP contribution in [-0.4, -0.2) is 54.6 Å². The average molecular weight is 462 g/mol. The molecule has 1 N–H and O–H groups in total. The lowest BCUT2D eigenvalue weighted by Crippen LogP contribution is -2.34. The molecule has 2 aromatic rings. The zero-order valence-corrected chi connectivity index (χ0v) is 17.5. The predicted molar refractivity (Wildman–Crippen MR) is 103 cm³/mol. The van der Waals surface area contributed by atoms with E-state index in [1.165, 1.54) is 27.5 Å². The van der Waals surface area contributed by atoms with E-state index in [4.69, 9.17) is 4.74 Å². The van der Waals surface area contributed by atoms with Crippen LogP contribution in [0, 0.1) is 17.7 Å². The number of sulfonamides is 1. The predicted octanol–water partition coefficient (Wildman–Crippen LogP) is 2.72. The first-order valence-corrected chi connectivity index (χ1v) is 11.2. The molecule has 0 saturated carbocycles. The molecule has 3 heterocycles. The van der Waals surface area contributed by atoms with E-state index in [0.29, 0.717) is 19.3 Å². The molecule has 1 aromatic heterocycles. The number of rotatable bonds is 5. The van der Waals surface area contributed by atoms with Crippen molar-refractivity contribution in [2.45, 2.75) is 23.7 Å². The maximum atomic E-state index is 13.6. The van der Waals surface area contributed by atoms with E-state index in [9.17, 15) is 26.0 Å². The van der Waals surface area contributed by atoms with Crippen molar-refractivity contribution in [3.8, 4) is 0 Å². The second-order valence-corrected chi connectivity index (χ2v) is 9.81. The van der Waals surface area contributed by atoms with Crippen LogP contribution < -0.4 is 5.32 Å². The maximum Gasteiger partial charge on any atom is 0.419 e. The van der Waals surface area contributed by atoms with Crippen molar-refractivity contribution in [3.63, 3.8) is 0 Å². The van der Waals surface area contributed by atoms with E-state index in [0.717, 1.165) is 12.5 Å². The van der Waals surface area contributed by atoms with Gasteiger partial charge in [-0.1, -0.05) is 0 Å².